The SMILES string of the molecule is COC(=O)CC(c1cc(C)ccc1OC)c1cc(C)ccc1OC. The molecular formula is C20H24O4. The van der Waals surface area contributed by atoms with Crippen LogP contribution in [0.2, 0.25) is 0 Å². The summed E-state index contributed by atoms with van der Waals surface area (Å²) in [5, 5.41) is 0. The second kappa shape index (κ2) is 7.86. The highest BCUT2D eigenvalue weighted by Gasteiger charge is 2.25. The maximum absolute atomic E-state index is 12.0. The van der Waals surface area contributed by atoms with Gasteiger partial charge in [-0.05, 0) is 26.0 Å². The van der Waals surface area contributed by atoms with Crippen molar-refractivity contribution in [3.63, 3.8) is 0 Å². The lowest BCUT2D eigenvalue weighted by Gasteiger charge is -2.22. The van der Waals surface area contributed by atoms with E-state index in [1.54, 1.807) is 14.2 Å². The van der Waals surface area contributed by atoms with Crippen LogP contribution in [-0.4, -0.2) is 27.3 Å². The minimum atomic E-state index is -0.271. The van der Waals surface area contributed by atoms with E-state index in [1.807, 2.05) is 50.2 Å². The molecule has 0 atom stereocenters. The summed E-state index contributed by atoms with van der Waals surface area (Å²) in [6, 6.07) is 11.9. The zero-order valence-electron chi connectivity index (χ0n) is 14.9. The molecular weight excluding hydrogens is 304 g/mol. The highest BCUT2D eigenvalue weighted by molar-refractivity contribution is 5.72. The molecule has 0 amide bonds. The Bertz CT molecular complexity index is 668. The van der Waals surface area contributed by atoms with Gasteiger partial charge in [0.05, 0.1) is 27.8 Å². The van der Waals surface area contributed by atoms with Gasteiger partial charge in [0.25, 0.3) is 0 Å². The Labute approximate surface area is 143 Å². The third kappa shape index (κ3) is 3.88. The number of hydrogen-bond acceptors (Lipinski definition) is 4. The summed E-state index contributed by atoms with van der Waals surface area (Å²) < 4.78 is 16.0. The summed E-state index contributed by atoms with van der Waals surface area (Å²) in [5.74, 6) is 1.02. The van der Waals surface area contributed by atoms with Crippen molar-refractivity contribution in [2.24, 2.45) is 0 Å². The van der Waals surface area contributed by atoms with Crippen LogP contribution >= 0.6 is 0 Å². The zero-order valence-corrected chi connectivity index (χ0v) is 14.9. The van der Waals surface area contributed by atoms with E-state index in [-0.39, 0.29) is 18.3 Å². The van der Waals surface area contributed by atoms with E-state index in [1.165, 1.54) is 7.11 Å². The number of esters is 1. The largest absolute Gasteiger partial charge is 0.496 e. The van der Waals surface area contributed by atoms with Crippen LogP contribution in [-0.2, 0) is 9.53 Å². The van der Waals surface area contributed by atoms with E-state index in [0.29, 0.717) is 0 Å². The third-order valence-electron chi connectivity index (χ3n) is 4.12. The summed E-state index contributed by atoms with van der Waals surface area (Å²) >= 11 is 0. The minimum Gasteiger partial charge on any atom is -0.496 e. The number of carbonyl (C=O) groups excluding carboxylic acids is 1. The Morgan fingerprint density at radius 1 is 0.875 bits per heavy atom. The number of aryl methyl sites for hydroxylation is 2. The van der Waals surface area contributed by atoms with Gasteiger partial charge in [-0.25, -0.2) is 0 Å². The van der Waals surface area contributed by atoms with Crippen LogP contribution in [0.3, 0.4) is 0 Å². The molecule has 0 unspecified atom stereocenters. The topological polar surface area (TPSA) is 44.8 Å². The van der Waals surface area contributed by atoms with Gasteiger partial charge in [0.1, 0.15) is 11.5 Å². The molecule has 0 saturated heterocycles. The molecule has 24 heavy (non-hydrogen) atoms. The van der Waals surface area contributed by atoms with E-state index in [2.05, 4.69) is 0 Å². The number of methoxy groups -OCH3 is 3. The fourth-order valence-corrected chi connectivity index (χ4v) is 2.89. The average Bonchev–Trinajstić information content (AvgIpc) is 2.59. The van der Waals surface area contributed by atoms with Gasteiger partial charge in [-0.2, -0.15) is 0 Å². The van der Waals surface area contributed by atoms with Crippen LogP contribution in [0, 0.1) is 13.8 Å². The van der Waals surface area contributed by atoms with Crippen molar-refractivity contribution in [1.82, 2.24) is 0 Å². The summed E-state index contributed by atoms with van der Waals surface area (Å²) in [6.45, 7) is 4.04. The predicted molar refractivity (Wildman–Crippen MR) is 93.9 cm³/mol. The first-order valence-electron chi connectivity index (χ1n) is 7.86. The van der Waals surface area contributed by atoms with Gasteiger partial charge in [-0.15, -0.1) is 0 Å². The highest BCUT2D eigenvalue weighted by atomic mass is 16.5. The summed E-state index contributed by atoms with van der Waals surface area (Å²) in [7, 11) is 4.67. The van der Waals surface area contributed by atoms with Crippen molar-refractivity contribution in [3.05, 3.63) is 58.7 Å². The van der Waals surface area contributed by atoms with Gasteiger partial charge < -0.3 is 14.2 Å². The van der Waals surface area contributed by atoms with E-state index in [9.17, 15) is 4.79 Å². The summed E-state index contributed by atoms with van der Waals surface area (Å²) in [5.41, 5.74) is 4.11. The zero-order chi connectivity index (χ0) is 17.7. The smallest absolute Gasteiger partial charge is 0.306 e. The standard InChI is InChI=1S/C20H24O4/c1-13-6-8-18(22-3)16(10-13)15(12-20(21)24-5)17-11-14(2)7-9-19(17)23-4/h6-11,15H,12H2,1-5H3. The van der Waals surface area contributed by atoms with E-state index in [0.717, 1.165) is 33.8 Å². The molecule has 4 nitrogen and oxygen atoms in total. The van der Waals surface area contributed by atoms with Gasteiger partial charge in [0, 0.05) is 17.0 Å². The van der Waals surface area contributed by atoms with Gasteiger partial charge in [-0.3, -0.25) is 4.79 Å². The molecule has 0 aliphatic rings. The van der Waals surface area contributed by atoms with E-state index >= 15 is 0 Å². The highest BCUT2D eigenvalue weighted by Crippen LogP contribution is 2.39. The van der Waals surface area contributed by atoms with Crippen LogP contribution in [0.25, 0.3) is 0 Å². The van der Waals surface area contributed by atoms with Crippen LogP contribution in [0.15, 0.2) is 36.4 Å². The Hall–Kier alpha value is -2.49. The van der Waals surface area contributed by atoms with Gasteiger partial charge >= 0.3 is 5.97 Å². The van der Waals surface area contributed by atoms with Gasteiger partial charge in [-0.1, -0.05) is 35.4 Å². The number of rotatable bonds is 6. The van der Waals surface area contributed by atoms with E-state index < -0.39 is 0 Å². The predicted octanol–water partition coefficient (Wildman–Crippen LogP) is 4.02. The third-order valence-corrected chi connectivity index (χ3v) is 4.12. The number of carbonyl (C=O) groups is 1. The van der Waals surface area contributed by atoms with Crippen LogP contribution in [0.5, 0.6) is 11.5 Å². The molecule has 0 aliphatic carbocycles. The molecule has 0 saturated carbocycles. The van der Waals surface area contributed by atoms with Crippen LogP contribution in [0.1, 0.15) is 34.6 Å². The molecule has 0 N–H and O–H groups in total. The van der Waals surface area contributed by atoms with Crippen LogP contribution in [0.4, 0.5) is 0 Å². The normalized spacial score (nSPS) is 10.6. The summed E-state index contributed by atoms with van der Waals surface area (Å²) in [6.07, 6.45) is 0.218. The first-order chi connectivity index (χ1) is 11.5. The molecule has 2 aromatic rings. The molecule has 0 aliphatic heterocycles. The summed E-state index contributed by atoms with van der Waals surface area (Å²) in [4.78, 5) is 12.0. The molecule has 0 fully saturated rings. The lowest BCUT2D eigenvalue weighted by atomic mass is 9.86. The Balaban J connectivity index is 2.64. The van der Waals surface area contributed by atoms with Crippen LogP contribution < -0.4 is 9.47 Å². The Kier molecular flexibility index (Phi) is 5.85. The molecule has 2 aromatic carbocycles. The maximum Gasteiger partial charge on any atom is 0.306 e. The minimum absolute atomic E-state index is 0.206. The van der Waals surface area contributed by atoms with Gasteiger partial charge in [0.15, 0.2) is 0 Å². The fraction of sp³-hybridized carbons (Fsp3) is 0.350. The molecule has 4 heteroatoms. The van der Waals surface area contributed by atoms with E-state index in [4.69, 9.17) is 14.2 Å². The number of hydrogen-bond donors (Lipinski definition) is 0. The van der Waals surface area contributed by atoms with Gasteiger partial charge in [0.2, 0.25) is 0 Å². The molecule has 2 rings (SSSR count). The first-order valence-corrected chi connectivity index (χ1v) is 7.86. The van der Waals surface area contributed by atoms with Crippen molar-refractivity contribution in [2.75, 3.05) is 21.3 Å². The molecule has 0 aromatic heterocycles. The Morgan fingerprint density at radius 2 is 1.33 bits per heavy atom. The molecule has 0 spiro atoms. The van der Waals surface area contributed by atoms with Crippen molar-refractivity contribution < 1.29 is 19.0 Å². The number of benzene rings is 2. The Morgan fingerprint density at radius 3 is 1.71 bits per heavy atom. The molecule has 128 valence electrons. The lowest BCUT2D eigenvalue weighted by molar-refractivity contribution is -0.140. The second-order valence-corrected chi connectivity index (χ2v) is 5.82. The lowest BCUT2D eigenvalue weighted by Crippen LogP contribution is -2.12. The molecule has 0 bridgehead atoms. The van der Waals surface area contributed by atoms with Crippen molar-refractivity contribution in [3.8, 4) is 11.5 Å². The maximum atomic E-state index is 12.0. The van der Waals surface area contributed by atoms with Crippen molar-refractivity contribution >= 4 is 5.97 Å². The van der Waals surface area contributed by atoms with Crippen molar-refractivity contribution in [2.45, 2.75) is 26.2 Å². The quantitative estimate of drug-likeness (QED) is 0.752. The fourth-order valence-electron chi connectivity index (χ4n) is 2.89. The first kappa shape index (κ1) is 17.9. The monoisotopic (exact) mass is 328 g/mol. The second-order valence-electron chi connectivity index (χ2n) is 5.82. The van der Waals surface area contributed by atoms with Crippen molar-refractivity contribution in [1.29, 1.82) is 0 Å². The number of ether oxygens (including phenoxy) is 3. The molecule has 0 radical (unpaired) electrons. The molecule has 0 heterocycles. The average molecular weight is 328 g/mol.